The zero-order valence-electron chi connectivity index (χ0n) is 21.1. The Balaban J connectivity index is 2.26. The van der Waals surface area contributed by atoms with Gasteiger partial charge in [-0.1, -0.05) is 18.2 Å². The fourth-order valence-corrected chi connectivity index (χ4v) is 3.19. The average molecular weight is 534 g/mol. The summed E-state index contributed by atoms with van der Waals surface area (Å²) in [6.07, 6.45) is 7.04. The number of allylic oxidation sites excluding steroid dienone is 4. The molecule has 0 amide bonds. The van der Waals surface area contributed by atoms with Crippen molar-refractivity contribution in [3.63, 3.8) is 0 Å². The molecule has 2 aromatic heterocycles. The number of nitrogens with two attached hydrogens (primary N) is 1. The van der Waals surface area contributed by atoms with E-state index in [2.05, 4.69) is 21.5 Å². The fraction of sp³-hybridized carbons (Fsp3) is 0.308. The first-order valence-electron chi connectivity index (χ1n) is 11.2. The summed E-state index contributed by atoms with van der Waals surface area (Å²) >= 11 is 6.27. The van der Waals surface area contributed by atoms with Crippen LogP contribution in [0.5, 0.6) is 5.75 Å². The average Bonchev–Trinajstić information content (AvgIpc) is 2.83. The van der Waals surface area contributed by atoms with Gasteiger partial charge in [0.1, 0.15) is 28.9 Å². The molecule has 0 saturated heterocycles. The summed E-state index contributed by atoms with van der Waals surface area (Å²) in [4.78, 5) is 25.2. The Hall–Kier alpha value is -3.63. The third-order valence-electron chi connectivity index (χ3n) is 5.04. The summed E-state index contributed by atoms with van der Waals surface area (Å²) in [6.45, 7) is 10.5. The minimum atomic E-state index is -0.871. The Morgan fingerprint density at radius 3 is 2.70 bits per heavy atom. The molecule has 0 radical (unpaired) electrons. The van der Waals surface area contributed by atoms with Crippen molar-refractivity contribution in [3.05, 3.63) is 86.7 Å². The molecule has 0 unspecified atom stereocenters. The van der Waals surface area contributed by atoms with Crippen LogP contribution in [0.2, 0.25) is 5.02 Å². The molecule has 8 nitrogen and oxygen atoms in total. The minimum absolute atomic E-state index is 0.0321. The van der Waals surface area contributed by atoms with E-state index < -0.39 is 22.7 Å². The van der Waals surface area contributed by atoms with Gasteiger partial charge in [-0.15, -0.1) is 0 Å². The maximum atomic E-state index is 13.9. The lowest BCUT2D eigenvalue weighted by Gasteiger charge is -2.16. The van der Waals surface area contributed by atoms with Crippen molar-refractivity contribution in [1.29, 1.82) is 0 Å². The second-order valence-corrected chi connectivity index (χ2v) is 9.09. The van der Waals surface area contributed by atoms with E-state index in [1.165, 1.54) is 22.9 Å². The predicted octanol–water partition coefficient (Wildman–Crippen LogP) is 4.23. The number of pyridine rings is 2. The van der Waals surface area contributed by atoms with E-state index in [9.17, 15) is 18.7 Å². The molecule has 0 spiro atoms. The largest absolute Gasteiger partial charge is 0.485 e. The van der Waals surface area contributed by atoms with Gasteiger partial charge in [-0.2, -0.15) is 0 Å². The maximum absolute atomic E-state index is 13.9. The van der Waals surface area contributed by atoms with Gasteiger partial charge in [0.25, 0.3) is 5.56 Å². The van der Waals surface area contributed by atoms with Gasteiger partial charge in [0.2, 0.25) is 0 Å². The van der Waals surface area contributed by atoms with Crippen molar-refractivity contribution >= 4 is 29.7 Å². The molecular weight excluding hydrogens is 504 g/mol. The molecule has 0 saturated carbocycles. The van der Waals surface area contributed by atoms with Crippen LogP contribution < -0.4 is 16.0 Å². The first kappa shape index (κ1) is 29.6. The van der Waals surface area contributed by atoms with Gasteiger partial charge >= 0.3 is 0 Å². The molecule has 198 valence electrons. The van der Waals surface area contributed by atoms with Crippen LogP contribution in [0.15, 0.2) is 63.1 Å². The van der Waals surface area contributed by atoms with E-state index in [1.807, 2.05) is 0 Å². The summed E-state index contributed by atoms with van der Waals surface area (Å²) in [5.41, 5.74) is 6.63. The van der Waals surface area contributed by atoms with Crippen molar-refractivity contribution in [3.8, 4) is 5.75 Å². The molecule has 0 aliphatic carbocycles. The number of aliphatic hydroxyl groups is 1. The van der Waals surface area contributed by atoms with Gasteiger partial charge in [-0.3, -0.25) is 24.3 Å². The van der Waals surface area contributed by atoms with E-state index >= 15 is 0 Å². The van der Waals surface area contributed by atoms with E-state index in [4.69, 9.17) is 22.1 Å². The SMILES string of the molecule is C=C/C(=C(/C)C=NCC(N)=CC=NC(C)(C)CO)n1c(C)cc(OCc2ncc(F)cc2F)c(Cl)c1=O. The molecular formula is C26H30ClF2N5O3. The molecule has 2 aromatic rings. The summed E-state index contributed by atoms with van der Waals surface area (Å²) < 4.78 is 33.8. The van der Waals surface area contributed by atoms with Crippen molar-refractivity contribution in [2.45, 2.75) is 39.8 Å². The van der Waals surface area contributed by atoms with Gasteiger partial charge in [0.15, 0.2) is 5.82 Å². The second-order valence-electron chi connectivity index (χ2n) is 8.71. The van der Waals surface area contributed by atoms with Crippen LogP contribution in [-0.4, -0.2) is 45.8 Å². The van der Waals surface area contributed by atoms with Crippen LogP contribution in [0.3, 0.4) is 0 Å². The summed E-state index contributed by atoms with van der Waals surface area (Å²) in [5, 5.41) is 9.00. The Morgan fingerprint density at radius 2 is 2.08 bits per heavy atom. The molecule has 2 rings (SSSR count). The number of aromatic nitrogens is 2. The number of nitrogens with zero attached hydrogens (tertiary/aromatic N) is 4. The first-order valence-corrected chi connectivity index (χ1v) is 11.6. The molecule has 3 N–H and O–H groups in total. The van der Waals surface area contributed by atoms with Crippen molar-refractivity contribution in [2.24, 2.45) is 15.7 Å². The zero-order valence-corrected chi connectivity index (χ0v) is 21.9. The monoisotopic (exact) mass is 533 g/mol. The van der Waals surface area contributed by atoms with Gasteiger partial charge in [-0.25, -0.2) is 8.78 Å². The van der Waals surface area contributed by atoms with Gasteiger partial charge in [0.05, 0.1) is 30.6 Å². The number of rotatable bonds is 11. The molecule has 0 atom stereocenters. The number of ether oxygens (including phenoxy) is 1. The molecule has 0 aliphatic rings. The molecule has 0 fully saturated rings. The Bertz CT molecular complexity index is 1330. The van der Waals surface area contributed by atoms with Crippen LogP contribution in [0.1, 0.15) is 32.2 Å². The maximum Gasteiger partial charge on any atom is 0.277 e. The van der Waals surface area contributed by atoms with Crippen LogP contribution >= 0.6 is 11.6 Å². The molecule has 37 heavy (non-hydrogen) atoms. The van der Waals surface area contributed by atoms with Crippen LogP contribution in [-0.2, 0) is 6.61 Å². The van der Waals surface area contributed by atoms with Crippen LogP contribution in [0, 0.1) is 18.6 Å². The highest BCUT2D eigenvalue weighted by molar-refractivity contribution is 6.31. The fourth-order valence-electron chi connectivity index (χ4n) is 2.99. The standard InChI is InChI=1S/C26H30ClF2N5O3/c1-6-22(16(2)11-31-13-19(30)7-8-33-26(4,5)15-35)34-17(3)9-23(24(27)25(34)36)37-14-21-20(29)10-18(28)12-32-21/h6-12,35H,1,13-15,30H2,2-5H3/b19-7?,22-16+,31-11?,33-8?. The Labute approximate surface area is 219 Å². The van der Waals surface area contributed by atoms with Gasteiger partial charge < -0.3 is 15.6 Å². The first-order chi connectivity index (χ1) is 17.4. The van der Waals surface area contributed by atoms with Crippen LogP contribution in [0.25, 0.3) is 5.70 Å². The molecule has 0 bridgehead atoms. The number of aliphatic hydroxyl groups excluding tert-OH is 1. The highest BCUT2D eigenvalue weighted by atomic mass is 35.5. The molecule has 2 heterocycles. The summed E-state index contributed by atoms with van der Waals surface area (Å²) in [7, 11) is 0. The number of hydrogen-bond donors (Lipinski definition) is 2. The third-order valence-corrected chi connectivity index (χ3v) is 5.39. The predicted molar refractivity (Wildman–Crippen MR) is 143 cm³/mol. The van der Waals surface area contributed by atoms with E-state index in [0.717, 1.165) is 6.20 Å². The third kappa shape index (κ3) is 8.19. The minimum Gasteiger partial charge on any atom is -0.485 e. The normalized spacial score (nSPS) is 13.4. The van der Waals surface area contributed by atoms with E-state index in [0.29, 0.717) is 28.7 Å². The lowest BCUT2D eigenvalue weighted by Crippen LogP contribution is -2.23. The second kappa shape index (κ2) is 13.1. The summed E-state index contributed by atoms with van der Waals surface area (Å²) in [5.74, 6) is -1.65. The summed E-state index contributed by atoms with van der Waals surface area (Å²) in [6, 6.07) is 2.21. The topological polar surface area (TPSA) is 115 Å². The lowest BCUT2D eigenvalue weighted by atomic mass is 10.1. The van der Waals surface area contributed by atoms with Crippen molar-refractivity contribution in [1.82, 2.24) is 9.55 Å². The van der Waals surface area contributed by atoms with Gasteiger partial charge in [-0.05, 0) is 45.4 Å². The van der Waals surface area contributed by atoms with Crippen LogP contribution in [0.4, 0.5) is 8.78 Å². The van der Waals surface area contributed by atoms with E-state index in [1.54, 1.807) is 40.0 Å². The smallest absolute Gasteiger partial charge is 0.277 e. The highest BCUT2D eigenvalue weighted by Crippen LogP contribution is 2.25. The number of aliphatic imine (C=N–C) groups is 2. The number of aryl methyl sites for hydroxylation is 1. The Morgan fingerprint density at radius 1 is 1.38 bits per heavy atom. The number of halogens is 3. The van der Waals surface area contributed by atoms with Crippen molar-refractivity contribution in [2.75, 3.05) is 13.2 Å². The van der Waals surface area contributed by atoms with Gasteiger partial charge in [0, 0.05) is 36.0 Å². The highest BCUT2D eigenvalue weighted by Gasteiger charge is 2.16. The quantitative estimate of drug-likeness (QED) is 0.331. The molecule has 11 heteroatoms. The van der Waals surface area contributed by atoms with Crippen molar-refractivity contribution < 1.29 is 18.6 Å². The zero-order chi connectivity index (χ0) is 27.8. The molecule has 0 aromatic carbocycles. The Kier molecular flexibility index (Phi) is 10.5. The number of hydrogen-bond acceptors (Lipinski definition) is 7. The lowest BCUT2D eigenvalue weighted by molar-refractivity contribution is 0.223. The van der Waals surface area contributed by atoms with E-state index in [-0.39, 0.29) is 36.2 Å². The molecule has 0 aliphatic heterocycles.